The predicted molar refractivity (Wildman–Crippen MR) is 75.5 cm³/mol. The molecule has 0 aliphatic carbocycles. The standard InChI is InChI=1S/C14H12N2O5/c17-13-6-3-10(7-12(13)14(18)19)15-8-9-1-4-11(5-2-9)16(20)21/h1-7,15,17H,8H2,(H,18,19). The number of hydrogen-bond acceptors (Lipinski definition) is 5. The number of nitrogens with zero attached hydrogens (tertiary/aromatic N) is 1. The number of benzene rings is 2. The molecule has 0 aliphatic rings. The van der Waals surface area contributed by atoms with Crippen LogP contribution in [0.5, 0.6) is 5.75 Å². The molecule has 3 N–H and O–H groups in total. The number of rotatable bonds is 5. The number of carboxylic acids is 1. The van der Waals surface area contributed by atoms with Gasteiger partial charge in [0, 0.05) is 24.4 Å². The normalized spacial score (nSPS) is 10.1. The van der Waals surface area contributed by atoms with Crippen LogP contribution >= 0.6 is 0 Å². The molecule has 0 saturated carbocycles. The van der Waals surface area contributed by atoms with Gasteiger partial charge in [-0.1, -0.05) is 12.1 Å². The number of nitro benzene ring substituents is 1. The lowest BCUT2D eigenvalue weighted by molar-refractivity contribution is -0.384. The summed E-state index contributed by atoms with van der Waals surface area (Å²) in [5.41, 5.74) is 1.16. The number of aromatic hydroxyl groups is 1. The average molecular weight is 288 g/mol. The van der Waals surface area contributed by atoms with E-state index in [2.05, 4.69) is 5.32 Å². The highest BCUT2D eigenvalue weighted by Crippen LogP contribution is 2.22. The monoisotopic (exact) mass is 288 g/mol. The first-order valence-corrected chi connectivity index (χ1v) is 6.01. The molecular formula is C14H12N2O5. The number of nitro groups is 1. The average Bonchev–Trinajstić information content (AvgIpc) is 2.46. The highest BCUT2D eigenvalue weighted by atomic mass is 16.6. The molecule has 108 valence electrons. The maximum absolute atomic E-state index is 10.9. The predicted octanol–water partition coefficient (Wildman–Crippen LogP) is 2.61. The first kappa shape index (κ1) is 14.3. The minimum Gasteiger partial charge on any atom is -0.507 e. The highest BCUT2D eigenvalue weighted by Gasteiger charge is 2.10. The third kappa shape index (κ3) is 3.47. The summed E-state index contributed by atoms with van der Waals surface area (Å²) in [6.07, 6.45) is 0. The highest BCUT2D eigenvalue weighted by molar-refractivity contribution is 5.91. The Labute approximate surface area is 119 Å². The maximum Gasteiger partial charge on any atom is 0.339 e. The van der Waals surface area contributed by atoms with Gasteiger partial charge in [-0.3, -0.25) is 10.1 Å². The van der Waals surface area contributed by atoms with Crippen LogP contribution < -0.4 is 5.32 Å². The molecule has 0 aliphatic heterocycles. The van der Waals surface area contributed by atoms with Crippen molar-refractivity contribution >= 4 is 17.3 Å². The van der Waals surface area contributed by atoms with Gasteiger partial charge in [0.1, 0.15) is 11.3 Å². The van der Waals surface area contributed by atoms with Crippen LogP contribution in [0.1, 0.15) is 15.9 Å². The smallest absolute Gasteiger partial charge is 0.339 e. The summed E-state index contributed by atoms with van der Waals surface area (Å²) < 4.78 is 0. The van der Waals surface area contributed by atoms with Crippen LogP contribution in [0, 0.1) is 10.1 Å². The molecule has 7 nitrogen and oxygen atoms in total. The van der Waals surface area contributed by atoms with Crippen molar-refractivity contribution in [3.63, 3.8) is 0 Å². The minimum atomic E-state index is -1.22. The fraction of sp³-hybridized carbons (Fsp3) is 0.0714. The number of non-ortho nitro benzene ring substituents is 1. The summed E-state index contributed by atoms with van der Waals surface area (Å²) in [5.74, 6) is -1.52. The Kier molecular flexibility index (Phi) is 4.03. The first-order valence-electron chi connectivity index (χ1n) is 6.01. The molecule has 2 aromatic rings. The van der Waals surface area contributed by atoms with E-state index >= 15 is 0 Å². The molecule has 7 heteroatoms. The molecule has 0 amide bonds. The van der Waals surface area contributed by atoms with Gasteiger partial charge in [-0.2, -0.15) is 0 Å². The third-order valence-corrected chi connectivity index (χ3v) is 2.87. The second-order valence-electron chi connectivity index (χ2n) is 4.31. The summed E-state index contributed by atoms with van der Waals surface area (Å²) in [5, 5.41) is 31.8. The number of aromatic carboxylic acids is 1. The van der Waals surface area contributed by atoms with Crippen molar-refractivity contribution < 1.29 is 19.9 Å². The van der Waals surface area contributed by atoms with Crippen LogP contribution in [0.3, 0.4) is 0 Å². The van der Waals surface area contributed by atoms with E-state index in [1.807, 2.05) is 0 Å². The molecule has 0 saturated heterocycles. The van der Waals surface area contributed by atoms with E-state index in [0.29, 0.717) is 12.2 Å². The Bertz CT molecular complexity index is 682. The Morgan fingerprint density at radius 3 is 2.43 bits per heavy atom. The van der Waals surface area contributed by atoms with Crippen LogP contribution in [-0.4, -0.2) is 21.1 Å². The topological polar surface area (TPSA) is 113 Å². The minimum absolute atomic E-state index is 0.0107. The number of anilines is 1. The Hall–Kier alpha value is -3.09. The van der Waals surface area contributed by atoms with Gasteiger partial charge in [-0.25, -0.2) is 4.79 Å². The van der Waals surface area contributed by atoms with Crippen LogP contribution in [0.25, 0.3) is 0 Å². The molecule has 0 atom stereocenters. The van der Waals surface area contributed by atoms with E-state index in [-0.39, 0.29) is 17.0 Å². The van der Waals surface area contributed by atoms with Crippen molar-refractivity contribution in [2.24, 2.45) is 0 Å². The van der Waals surface area contributed by atoms with E-state index in [9.17, 15) is 20.0 Å². The summed E-state index contributed by atoms with van der Waals surface area (Å²) in [7, 11) is 0. The van der Waals surface area contributed by atoms with Crippen molar-refractivity contribution in [3.05, 3.63) is 63.7 Å². The lowest BCUT2D eigenvalue weighted by atomic mass is 10.1. The van der Waals surface area contributed by atoms with E-state index in [1.54, 1.807) is 18.2 Å². The van der Waals surface area contributed by atoms with Crippen molar-refractivity contribution in [2.75, 3.05) is 5.32 Å². The Morgan fingerprint density at radius 2 is 1.86 bits per heavy atom. The first-order chi connectivity index (χ1) is 9.97. The number of carbonyl (C=O) groups is 1. The van der Waals surface area contributed by atoms with Gasteiger partial charge in [0.25, 0.3) is 5.69 Å². The lowest BCUT2D eigenvalue weighted by Gasteiger charge is -2.08. The molecule has 0 unspecified atom stereocenters. The summed E-state index contributed by atoms with van der Waals surface area (Å²) in [6.45, 7) is 0.377. The van der Waals surface area contributed by atoms with Crippen molar-refractivity contribution in [2.45, 2.75) is 6.54 Å². The van der Waals surface area contributed by atoms with Gasteiger partial charge in [0.05, 0.1) is 4.92 Å². The number of phenols is 1. The van der Waals surface area contributed by atoms with Gasteiger partial charge in [-0.05, 0) is 23.8 Å². The molecular weight excluding hydrogens is 276 g/mol. The van der Waals surface area contributed by atoms with E-state index in [0.717, 1.165) is 5.56 Å². The van der Waals surface area contributed by atoms with Crippen LogP contribution in [0.4, 0.5) is 11.4 Å². The molecule has 0 spiro atoms. The van der Waals surface area contributed by atoms with E-state index in [4.69, 9.17) is 5.11 Å². The van der Waals surface area contributed by atoms with Crippen molar-refractivity contribution in [3.8, 4) is 5.75 Å². The Balaban J connectivity index is 2.07. The fourth-order valence-electron chi connectivity index (χ4n) is 1.76. The molecule has 0 bridgehead atoms. The van der Waals surface area contributed by atoms with E-state index in [1.165, 1.54) is 24.3 Å². The molecule has 2 rings (SSSR count). The molecule has 0 fully saturated rings. The largest absolute Gasteiger partial charge is 0.507 e. The van der Waals surface area contributed by atoms with Crippen LogP contribution in [0.15, 0.2) is 42.5 Å². The molecule has 0 heterocycles. The quantitative estimate of drug-likeness (QED) is 0.443. The molecule has 2 aromatic carbocycles. The number of nitrogens with one attached hydrogen (secondary N) is 1. The number of carboxylic acid groups (broad SMARTS) is 1. The molecule has 21 heavy (non-hydrogen) atoms. The van der Waals surface area contributed by atoms with Crippen LogP contribution in [-0.2, 0) is 6.54 Å². The molecule has 0 aromatic heterocycles. The van der Waals surface area contributed by atoms with Gasteiger partial charge in [-0.15, -0.1) is 0 Å². The summed E-state index contributed by atoms with van der Waals surface area (Å²) in [4.78, 5) is 21.0. The van der Waals surface area contributed by atoms with Gasteiger partial charge < -0.3 is 15.5 Å². The van der Waals surface area contributed by atoms with Gasteiger partial charge in [0.2, 0.25) is 0 Å². The van der Waals surface area contributed by atoms with Crippen molar-refractivity contribution in [1.82, 2.24) is 0 Å². The molecule has 0 radical (unpaired) electrons. The maximum atomic E-state index is 10.9. The zero-order chi connectivity index (χ0) is 15.4. The van der Waals surface area contributed by atoms with E-state index < -0.39 is 10.9 Å². The Morgan fingerprint density at radius 1 is 1.19 bits per heavy atom. The third-order valence-electron chi connectivity index (χ3n) is 2.87. The van der Waals surface area contributed by atoms with Crippen LogP contribution in [0.2, 0.25) is 0 Å². The second kappa shape index (κ2) is 5.91. The fourth-order valence-corrected chi connectivity index (χ4v) is 1.76. The lowest BCUT2D eigenvalue weighted by Crippen LogP contribution is -2.02. The summed E-state index contributed by atoms with van der Waals surface area (Å²) >= 11 is 0. The van der Waals surface area contributed by atoms with Gasteiger partial charge >= 0.3 is 5.97 Å². The second-order valence-corrected chi connectivity index (χ2v) is 4.31. The van der Waals surface area contributed by atoms with Gasteiger partial charge in [0.15, 0.2) is 0 Å². The zero-order valence-electron chi connectivity index (χ0n) is 10.8. The number of hydrogen-bond donors (Lipinski definition) is 3. The van der Waals surface area contributed by atoms with Crippen molar-refractivity contribution in [1.29, 1.82) is 0 Å². The zero-order valence-corrected chi connectivity index (χ0v) is 10.8. The SMILES string of the molecule is O=C(O)c1cc(NCc2ccc([N+](=O)[O-])cc2)ccc1O. The summed E-state index contributed by atoms with van der Waals surface area (Å²) in [6, 6.07) is 10.2.